The van der Waals surface area contributed by atoms with Crippen LogP contribution in [0.2, 0.25) is 0 Å². The number of aryl methyl sites for hydroxylation is 1. The van der Waals surface area contributed by atoms with E-state index in [1.165, 1.54) is 6.92 Å². The van der Waals surface area contributed by atoms with Crippen molar-refractivity contribution in [3.05, 3.63) is 5.69 Å². The zero-order valence-electron chi connectivity index (χ0n) is 6.16. The summed E-state index contributed by atoms with van der Waals surface area (Å²) in [6, 6.07) is 0. The van der Waals surface area contributed by atoms with Gasteiger partial charge in [0.25, 0.3) is 0 Å². The quantitative estimate of drug-likeness (QED) is 0.649. The zero-order valence-corrected chi connectivity index (χ0v) is 6.97. The van der Waals surface area contributed by atoms with E-state index < -0.39 is 9.84 Å². The summed E-state index contributed by atoms with van der Waals surface area (Å²) in [5, 5.41) is 3.40. The SMILES string of the molecule is Cc1noc(N)c1S(C)(=O)=O. The molecular weight excluding hydrogens is 168 g/mol. The van der Waals surface area contributed by atoms with Crippen molar-refractivity contribution in [2.75, 3.05) is 12.0 Å². The fourth-order valence-corrected chi connectivity index (χ4v) is 1.81. The van der Waals surface area contributed by atoms with Gasteiger partial charge in [-0.25, -0.2) is 8.42 Å². The smallest absolute Gasteiger partial charge is 0.241 e. The minimum Gasteiger partial charge on any atom is -0.366 e. The second kappa shape index (κ2) is 2.23. The van der Waals surface area contributed by atoms with Gasteiger partial charge in [-0.1, -0.05) is 5.16 Å². The maximum Gasteiger partial charge on any atom is 0.241 e. The summed E-state index contributed by atoms with van der Waals surface area (Å²) in [4.78, 5) is -0.0162. The molecule has 1 aromatic heterocycles. The normalized spacial score (nSPS) is 11.8. The molecule has 0 aliphatic heterocycles. The molecule has 5 nitrogen and oxygen atoms in total. The van der Waals surface area contributed by atoms with Gasteiger partial charge in [-0.3, -0.25) is 0 Å². The summed E-state index contributed by atoms with van der Waals surface area (Å²) in [7, 11) is -3.30. The van der Waals surface area contributed by atoms with Gasteiger partial charge < -0.3 is 10.3 Å². The molecule has 2 N–H and O–H groups in total. The van der Waals surface area contributed by atoms with Gasteiger partial charge >= 0.3 is 0 Å². The third kappa shape index (κ3) is 1.35. The van der Waals surface area contributed by atoms with E-state index >= 15 is 0 Å². The summed E-state index contributed by atoms with van der Waals surface area (Å²) in [6.07, 6.45) is 1.06. The summed E-state index contributed by atoms with van der Waals surface area (Å²) < 4.78 is 26.4. The van der Waals surface area contributed by atoms with Gasteiger partial charge in [-0.2, -0.15) is 0 Å². The van der Waals surface area contributed by atoms with Crippen molar-refractivity contribution < 1.29 is 12.9 Å². The molecule has 0 saturated heterocycles. The molecular formula is C5H8N2O3S. The maximum absolute atomic E-state index is 11.0. The van der Waals surface area contributed by atoms with Crippen molar-refractivity contribution in [3.8, 4) is 0 Å². The van der Waals surface area contributed by atoms with E-state index in [0.717, 1.165) is 6.26 Å². The predicted molar refractivity (Wildman–Crippen MR) is 38.8 cm³/mol. The third-order valence-electron chi connectivity index (χ3n) is 1.20. The molecule has 0 unspecified atom stereocenters. The lowest BCUT2D eigenvalue weighted by Crippen LogP contribution is -2.00. The van der Waals surface area contributed by atoms with Crippen molar-refractivity contribution in [1.82, 2.24) is 5.16 Å². The van der Waals surface area contributed by atoms with Crippen LogP contribution in [0.1, 0.15) is 5.69 Å². The van der Waals surface area contributed by atoms with Crippen molar-refractivity contribution in [1.29, 1.82) is 0 Å². The Morgan fingerprint density at radius 3 is 2.27 bits per heavy atom. The summed E-state index contributed by atoms with van der Waals surface area (Å²) in [6.45, 7) is 1.52. The second-order valence-corrected chi connectivity index (χ2v) is 4.19. The first-order valence-corrected chi connectivity index (χ1v) is 4.74. The van der Waals surface area contributed by atoms with Gasteiger partial charge in [0.2, 0.25) is 5.88 Å². The molecule has 0 atom stereocenters. The van der Waals surface area contributed by atoms with Crippen LogP contribution in [0.15, 0.2) is 9.42 Å². The van der Waals surface area contributed by atoms with Gasteiger partial charge in [-0.05, 0) is 6.92 Å². The Bertz CT molecular complexity index is 346. The average molecular weight is 176 g/mol. The Labute approximate surface area is 64.1 Å². The Kier molecular flexibility index (Phi) is 1.63. The van der Waals surface area contributed by atoms with E-state index in [1.54, 1.807) is 0 Å². The Morgan fingerprint density at radius 2 is 2.09 bits per heavy atom. The lowest BCUT2D eigenvalue weighted by Gasteiger charge is -1.92. The highest BCUT2D eigenvalue weighted by atomic mass is 32.2. The number of anilines is 1. The average Bonchev–Trinajstić information content (AvgIpc) is 2.08. The molecule has 0 aliphatic rings. The topological polar surface area (TPSA) is 86.2 Å². The van der Waals surface area contributed by atoms with Crippen LogP contribution in [0.3, 0.4) is 0 Å². The first kappa shape index (κ1) is 8.06. The first-order chi connectivity index (χ1) is 4.93. The van der Waals surface area contributed by atoms with Crippen LogP contribution in [-0.2, 0) is 9.84 Å². The van der Waals surface area contributed by atoms with Gasteiger partial charge in [0, 0.05) is 6.26 Å². The number of rotatable bonds is 1. The molecule has 0 amide bonds. The van der Waals surface area contributed by atoms with Gasteiger partial charge in [0.05, 0.1) is 0 Å². The molecule has 0 bridgehead atoms. The summed E-state index contributed by atoms with van der Waals surface area (Å²) >= 11 is 0. The summed E-state index contributed by atoms with van der Waals surface area (Å²) in [5.41, 5.74) is 5.52. The fraction of sp³-hybridized carbons (Fsp3) is 0.400. The highest BCUT2D eigenvalue weighted by Crippen LogP contribution is 2.20. The van der Waals surface area contributed by atoms with Crippen LogP contribution < -0.4 is 5.73 Å². The molecule has 0 saturated carbocycles. The third-order valence-corrected chi connectivity index (χ3v) is 2.44. The van der Waals surface area contributed by atoms with Gasteiger partial charge in [0.15, 0.2) is 14.7 Å². The number of hydrogen-bond donors (Lipinski definition) is 1. The maximum atomic E-state index is 11.0. The van der Waals surface area contributed by atoms with Crippen LogP contribution in [0.25, 0.3) is 0 Å². The van der Waals surface area contributed by atoms with E-state index in [0.29, 0.717) is 5.69 Å². The Hall–Kier alpha value is -1.04. The molecule has 1 heterocycles. The number of nitrogen functional groups attached to an aromatic ring is 1. The number of nitrogens with two attached hydrogens (primary N) is 1. The largest absolute Gasteiger partial charge is 0.366 e. The van der Waals surface area contributed by atoms with Gasteiger partial charge in [0.1, 0.15) is 5.69 Å². The Balaban J connectivity index is 3.45. The second-order valence-electron chi connectivity index (χ2n) is 2.23. The van der Waals surface area contributed by atoms with Crippen LogP contribution in [0.4, 0.5) is 5.88 Å². The molecule has 62 valence electrons. The molecule has 1 aromatic rings. The number of hydrogen-bond acceptors (Lipinski definition) is 5. The van der Waals surface area contributed by atoms with E-state index in [4.69, 9.17) is 5.73 Å². The predicted octanol–water partition coefficient (Wildman–Crippen LogP) is -0.0313. The minimum atomic E-state index is -3.30. The highest BCUT2D eigenvalue weighted by molar-refractivity contribution is 7.90. The first-order valence-electron chi connectivity index (χ1n) is 2.84. The standard InChI is InChI=1S/C5H8N2O3S/c1-3-4(11(2,8)9)5(6)10-7-3/h6H2,1-2H3. The molecule has 0 radical (unpaired) electrons. The molecule has 11 heavy (non-hydrogen) atoms. The van der Waals surface area contributed by atoms with E-state index in [9.17, 15) is 8.42 Å². The lowest BCUT2D eigenvalue weighted by molar-refractivity contribution is 0.430. The minimum absolute atomic E-state index is 0.0162. The zero-order chi connectivity index (χ0) is 8.65. The van der Waals surface area contributed by atoms with Crippen molar-refractivity contribution in [2.45, 2.75) is 11.8 Å². The number of aromatic nitrogens is 1. The highest BCUT2D eigenvalue weighted by Gasteiger charge is 2.19. The molecule has 0 aromatic carbocycles. The fourth-order valence-electron chi connectivity index (χ4n) is 0.830. The van der Waals surface area contributed by atoms with Crippen LogP contribution in [-0.4, -0.2) is 19.8 Å². The van der Waals surface area contributed by atoms with E-state index in [2.05, 4.69) is 9.68 Å². The Morgan fingerprint density at radius 1 is 1.55 bits per heavy atom. The van der Waals surface area contributed by atoms with Crippen molar-refractivity contribution in [3.63, 3.8) is 0 Å². The number of sulfone groups is 1. The van der Waals surface area contributed by atoms with Crippen molar-refractivity contribution >= 4 is 15.7 Å². The van der Waals surface area contributed by atoms with E-state index in [1.807, 2.05) is 0 Å². The van der Waals surface area contributed by atoms with E-state index in [-0.39, 0.29) is 10.8 Å². The summed E-state index contributed by atoms with van der Waals surface area (Å²) in [5.74, 6) is -0.148. The van der Waals surface area contributed by atoms with Gasteiger partial charge in [-0.15, -0.1) is 0 Å². The van der Waals surface area contributed by atoms with Crippen LogP contribution >= 0.6 is 0 Å². The molecule has 6 heteroatoms. The number of nitrogens with zero attached hydrogens (tertiary/aromatic N) is 1. The van der Waals surface area contributed by atoms with Crippen LogP contribution in [0, 0.1) is 6.92 Å². The lowest BCUT2D eigenvalue weighted by atomic mass is 10.5. The van der Waals surface area contributed by atoms with Crippen LogP contribution in [0.5, 0.6) is 0 Å². The molecule has 0 fully saturated rings. The molecule has 0 spiro atoms. The van der Waals surface area contributed by atoms with Crippen molar-refractivity contribution in [2.24, 2.45) is 0 Å². The monoisotopic (exact) mass is 176 g/mol. The molecule has 0 aliphatic carbocycles. The molecule has 1 rings (SSSR count).